The molecule has 1 saturated heterocycles. The molecule has 3 aromatic heterocycles. The number of rotatable bonds is 5. The maximum Gasteiger partial charge on any atom is 0.270 e. The Labute approximate surface area is 175 Å². The lowest BCUT2D eigenvalue weighted by atomic mass is 9.95. The molecule has 0 radical (unpaired) electrons. The van der Waals surface area contributed by atoms with E-state index in [1.807, 2.05) is 18.3 Å². The normalized spacial score (nSPS) is 17.3. The zero-order chi connectivity index (χ0) is 20.7. The minimum absolute atomic E-state index is 0.00264. The van der Waals surface area contributed by atoms with E-state index in [1.54, 1.807) is 25.2 Å². The van der Waals surface area contributed by atoms with E-state index >= 15 is 0 Å². The van der Waals surface area contributed by atoms with Crippen molar-refractivity contribution in [2.24, 2.45) is 0 Å². The van der Waals surface area contributed by atoms with E-state index in [1.165, 1.54) is 18.4 Å². The van der Waals surface area contributed by atoms with Gasteiger partial charge in [-0.15, -0.1) is 0 Å². The smallest absolute Gasteiger partial charge is 0.270 e. The Hall–Kier alpha value is -3.00. The molecule has 8 nitrogen and oxygen atoms in total. The monoisotopic (exact) mass is 405 g/mol. The second kappa shape index (κ2) is 7.68. The van der Waals surface area contributed by atoms with Gasteiger partial charge in [0.15, 0.2) is 0 Å². The van der Waals surface area contributed by atoms with Crippen molar-refractivity contribution in [3.8, 4) is 0 Å². The molecule has 8 heteroatoms. The summed E-state index contributed by atoms with van der Waals surface area (Å²) in [7, 11) is 3.57. The Morgan fingerprint density at radius 1 is 1.17 bits per heavy atom. The van der Waals surface area contributed by atoms with Gasteiger partial charge >= 0.3 is 0 Å². The molecule has 30 heavy (non-hydrogen) atoms. The Balaban J connectivity index is 1.48. The van der Waals surface area contributed by atoms with Gasteiger partial charge in [-0.2, -0.15) is 4.98 Å². The van der Waals surface area contributed by atoms with Crippen LogP contribution < -0.4 is 10.6 Å². The van der Waals surface area contributed by atoms with Gasteiger partial charge in [-0.3, -0.25) is 4.79 Å². The van der Waals surface area contributed by atoms with Crippen LogP contribution in [-0.2, 0) is 0 Å². The predicted molar refractivity (Wildman–Crippen MR) is 116 cm³/mol. The van der Waals surface area contributed by atoms with Crippen molar-refractivity contribution in [1.29, 1.82) is 0 Å². The molecule has 4 heterocycles. The Bertz CT molecular complexity index is 1060. The molecule has 0 spiro atoms. The topological polar surface area (TPSA) is 88.0 Å². The van der Waals surface area contributed by atoms with Crippen molar-refractivity contribution < 1.29 is 4.79 Å². The number of nitrogens with one attached hydrogen (secondary N) is 2. The average Bonchev–Trinajstić information content (AvgIpc) is 3.34. The lowest BCUT2D eigenvalue weighted by Crippen LogP contribution is -2.39. The van der Waals surface area contributed by atoms with Crippen molar-refractivity contribution in [2.75, 3.05) is 32.5 Å². The summed E-state index contributed by atoms with van der Waals surface area (Å²) < 4.78 is 2.12. The SMILES string of the molecule is CN(C)C(=O)c1cc2cnc(Nc3ccc(C4CNC4)cn3)nc2n1C1CCCC1. The summed E-state index contributed by atoms with van der Waals surface area (Å²) >= 11 is 0. The van der Waals surface area contributed by atoms with E-state index in [-0.39, 0.29) is 5.91 Å². The first-order valence-corrected chi connectivity index (χ1v) is 10.6. The molecule has 1 aliphatic heterocycles. The molecule has 156 valence electrons. The summed E-state index contributed by atoms with van der Waals surface area (Å²) in [4.78, 5) is 28.2. The summed E-state index contributed by atoms with van der Waals surface area (Å²) in [5, 5.41) is 7.39. The number of carbonyl (C=O) groups is 1. The quantitative estimate of drug-likeness (QED) is 0.678. The van der Waals surface area contributed by atoms with Gasteiger partial charge < -0.3 is 20.1 Å². The third kappa shape index (κ3) is 3.41. The van der Waals surface area contributed by atoms with E-state index in [9.17, 15) is 4.79 Å². The summed E-state index contributed by atoms with van der Waals surface area (Å²) in [6.45, 7) is 2.03. The van der Waals surface area contributed by atoms with Crippen LogP contribution in [0.3, 0.4) is 0 Å². The van der Waals surface area contributed by atoms with Crippen molar-refractivity contribution in [3.05, 3.63) is 41.9 Å². The lowest BCUT2D eigenvalue weighted by Gasteiger charge is -2.27. The molecule has 3 aromatic rings. The second-order valence-electron chi connectivity index (χ2n) is 8.47. The van der Waals surface area contributed by atoms with Gasteiger partial charge in [0.25, 0.3) is 5.91 Å². The molecular weight excluding hydrogens is 378 g/mol. The van der Waals surface area contributed by atoms with Gasteiger partial charge in [0.05, 0.1) is 0 Å². The minimum Gasteiger partial charge on any atom is -0.343 e. The molecule has 0 unspecified atom stereocenters. The molecule has 2 N–H and O–H groups in total. The summed E-state index contributed by atoms with van der Waals surface area (Å²) in [6, 6.07) is 6.30. The third-order valence-electron chi connectivity index (χ3n) is 6.17. The van der Waals surface area contributed by atoms with Crippen LogP contribution in [0.4, 0.5) is 11.8 Å². The number of aromatic nitrogens is 4. The van der Waals surface area contributed by atoms with Crippen molar-refractivity contribution in [1.82, 2.24) is 29.7 Å². The molecule has 0 atom stereocenters. The number of hydrogen-bond acceptors (Lipinski definition) is 6. The maximum atomic E-state index is 12.8. The minimum atomic E-state index is -0.00264. The standard InChI is InChI=1S/C22H27N7O/c1-28(2)21(30)18-9-15-13-25-22(27-20(15)29(18)17-5-3-4-6-17)26-19-8-7-14(12-24-19)16-10-23-11-16/h7-9,12-13,16-17,23H,3-6,10-11H2,1-2H3,(H,24,25,26,27). The van der Waals surface area contributed by atoms with Crippen molar-refractivity contribution in [3.63, 3.8) is 0 Å². The number of carbonyl (C=O) groups excluding carboxylic acids is 1. The third-order valence-corrected chi connectivity index (χ3v) is 6.17. The molecule has 5 rings (SSSR count). The number of hydrogen-bond donors (Lipinski definition) is 2. The highest BCUT2D eigenvalue weighted by atomic mass is 16.2. The maximum absolute atomic E-state index is 12.8. The van der Waals surface area contributed by atoms with Crippen LogP contribution in [0, 0.1) is 0 Å². The van der Waals surface area contributed by atoms with E-state index in [2.05, 4.69) is 31.2 Å². The number of anilines is 2. The Morgan fingerprint density at radius 2 is 1.97 bits per heavy atom. The Morgan fingerprint density at radius 3 is 2.60 bits per heavy atom. The zero-order valence-electron chi connectivity index (χ0n) is 17.4. The van der Waals surface area contributed by atoms with Gasteiger partial charge in [0.2, 0.25) is 5.95 Å². The number of pyridine rings is 1. The van der Waals surface area contributed by atoms with E-state index in [0.717, 1.165) is 37.0 Å². The van der Waals surface area contributed by atoms with Crippen LogP contribution in [0.1, 0.15) is 53.7 Å². The molecule has 1 amide bonds. The molecule has 0 aromatic carbocycles. The highest BCUT2D eigenvalue weighted by molar-refractivity contribution is 5.97. The predicted octanol–water partition coefficient (Wildman–Crippen LogP) is 3.07. The fourth-order valence-corrected chi connectivity index (χ4v) is 4.35. The van der Waals surface area contributed by atoms with Gasteiger partial charge in [0.1, 0.15) is 17.2 Å². The molecule has 0 bridgehead atoms. The molecule has 2 aliphatic rings. The fourth-order valence-electron chi connectivity index (χ4n) is 4.35. The van der Waals surface area contributed by atoms with E-state index < -0.39 is 0 Å². The second-order valence-corrected chi connectivity index (χ2v) is 8.47. The van der Waals surface area contributed by atoms with Gasteiger partial charge in [-0.1, -0.05) is 18.9 Å². The molecule has 1 saturated carbocycles. The molecular formula is C22H27N7O. The van der Waals surface area contributed by atoms with Crippen LogP contribution in [0.5, 0.6) is 0 Å². The van der Waals surface area contributed by atoms with E-state index in [4.69, 9.17) is 4.98 Å². The van der Waals surface area contributed by atoms with Crippen molar-refractivity contribution in [2.45, 2.75) is 37.6 Å². The number of amides is 1. The van der Waals surface area contributed by atoms with Crippen LogP contribution in [0.15, 0.2) is 30.6 Å². The lowest BCUT2D eigenvalue weighted by molar-refractivity contribution is 0.0815. The van der Waals surface area contributed by atoms with Crippen LogP contribution >= 0.6 is 0 Å². The largest absolute Gasteiger partial charge is 0.343 e. The molecule has 1 aliphatic carbocycles. The van der Waals surface area contributed by atoms with Crippen LogP contribution in [-0.4, -0.2) is 57.5 Å². The Kier molecular flexibility index (Phi) is 4.86. The van der Waals surface area contributed by atoms with Crippen LogP contribution in [0.25, 0.3) is 11.0 Å². The zero-order valence-corrected chi connectivity index (χ0v) is 17.4. The summed E-state index contributed by atoms with van der Waals surface area (Å²) in [6.07, 6.45) is 8.22. The summed E-state index contributed by atoms with van der Waals surface area (Å²) in [5.74, 6) is 1.77. The first-order chi connectivity index (χ1) is 14.6. The summed E-state index contributed by atoms with van der Waals surface area (Å²) in [5.41, 5.74) is 2.74. The van der Waals surface area contributed by atoms with E-state index in [0.29, 0.717) is 29.4 Å². The van der Waals surface area contributed by atoms with Crippen LogP contribution in [0.2, 0.25) is 0 Å². The van der Waals surface area contributed by atoms with Gasteiger partial charge in [-0.05, 0) is 30.5 Å². The first kappa shape index (κ1) is 19.0. The van der Waals surface area contributed by atoms with Gasteiger partial charge in [0, 0.05) is 56.9 Å². The van der Waals surface area contributed by atoms with Gasteiger partial charge in [-0.25, -0.2) is 9.97 Å². The first-order valence-electron chi connectivity index (χ1n) is 10.6. The average molecular weight is 406 g/mol. The number of nitrogens with zero attached hydrogens (tertiary/aromatic N) is 5. The number of fused-ring (bicyclic) bond motifs is 1. The highest BCUT2D eigenvalue weighted by Crippen LogP contribution is 2.35. The fraction of sp³-hybridized carbons (Fsp3) is 0.455. The molecule has 2 fully saturated rings. The highest BCUT2D eigenvalue weighted by Gasteiger charge is 2.26. The van der Waals surface area contributed by atoms with Crippen molar-refractivity contribution >= 4 is 28.7 Å².